The van der Waals surface area contributed by atoms with Gasteiger partial charge in [0.25, 0.3) is 17.2 Å². The lowest BCUT2D eigenvalue weighted by Crippen LogP contribution is -2.31. The van der Waals surface area contributed by atoms with E-state index in [1.807, 2.05) is 17.7 Å². The zero-order valence-corrected chi connectivity index (χ0v) is 19.0. The van der Waals surface area contributed by atoms with Crippen LogP contribution in [-0.2, 0) is 16.6 Å². The molecule has 10 nitrogen and oxygen atoms in total. The lowest BCUT2D eigenvalue weighted by Gasteiger charge is -2.12. The summed E-state index contributed by atoms with van der Waals surface area (Å²) in [6, 6.07) is 14.5. The fraction of sp³-hybridized carbons (Fsp3) is 0.130. The molecule has 0 aliphatic carbocycles. The Balaban J connectivity index is 2.06. The maximum absolute atomic E-state index is 13.3. The smallest absolute Gasteiger partial charge is 0.282 e. The Morgan fingerprint density at radius 1 is 1.15 bits per heavy atom. The average Bonchev–Trinajstić information content (AvgIpc) is 3.06. The normalized spacial score (nSPS) is 11.5. The van der Waals surface area contributed by atoms with E-state index < -0.39 is 26.4 Å². The van der Waals surface area contributed by atoms with E-state index in [9.17, 15) is 28.1 Å². The Kier molecular flexibility index (Phi) is 5.80. The number of non-ortho nitro benzene ring substituents is 1. The van der Waals surface area contributed by atoms with E-state index in [1.54, 1.807) is 34.9 Å². The molecule has 0 spiro atoms. The van der Waals surface area contributed by atoms with Gasteiger partial charge in [0.2, 0.25) is 10.0 Å². The van der Waals surface area contributed by atoms with E-state index in [-0.39, 0.29) is 29.1 Å². The first kappa shape index (κ1) is 22.9. The number of sulfonamides is 1. The second-order valence-corrected chi connectivity index (χ2v) is 9.62. The summed E-state index contributed by atoms with van der Waals surface area (Å²) >= 11 is 0. The van der Waals surface area contributed by atoms with E-state index in [0.29, 0.717) is 16.5 Å². The fourth-order valence-corrected chi connectivity index (χ4v) is 4.36. The van der Waals surface area contributed by atoms with Crippen LogP contribution >= 0.6 is 0 Å². The van der Waals surface area contributed by atoms with Gasteiger partial charge in [-0.3, -0.25) is 19.7 Å². The molecule has 0 bridgehead atoms. The number of nitro groups is 1. The minimum absolute atomic E-state index is 0.0263. The first-order valence-electron chi connectivity index (χ1n) is 10.1. The molecule has 1 amide bonds. The number of nitrogens with one attached hydrogen (secondary N) is 2. The van der Waals surface area contributed by atoms with Crippen LogP contribution in [0.1, 0.15) is 21.6 Å². The van der Waals surface area contributed by atoms with Crippen LogP contribution < -0.4 is 10.3 Å². The number of pyridine rings is 1. The summed E-state index contributed by atoms with van der Waals surface area (Å²) in [5.74, 6) is -0.917. The molecule has 0 aliphatic rings. The van der Waals surface area contributed by atoms with Crippen LogP contribution in [0.3, 0.4) is 0 Å². The van der Waals surface area contributed by atoms with Crippen LogP contribution in [0.2, 0.25) is 0 Å². The van der Waals surface area contributed by atoms with Crippen molar-refractivity contribution >= 4 is 32.5 Å². The van der Waals surface area contributed by atoms with Crippen molar-refractivity contribution in [2.75, 3.05) is 6.26 Å². The van der Waals surface area contributed by atoms with Crippen LogP contribution in [-0.4, -0.2) is 35.1 Å². The van der Waals surface area contributed by atoms with E-state index >= 15 is 0 Å². The second kappa shape index (κ2) is 8.60. The molecule has 11 heteroatoms. The number of aromatic nitrogens is 2. The Labute approximate surface area is 194 Å². The number of rotatable bonds is 6. The van der Waals surface area contributed by atoms with Gasteiger partial charge >= 0.3 is 0 Å². The number of benzene rings is 2. The van der Waals surface area contributed by atoms with E-state index in [4.69, 9.17) is 0 Å². The third kappa shape index (κ3) is 4.46. The molecule has 4 rings (SSSR count). The summed E-state index contributed by atoms with van der Waals surface area (Å²) < 4.78 is 27.4. The number of aryl methyl sites for hydroxylation is 1. The number of carbonyl (C=O) groups excluding carboxylic acids is 1. The predicted octanol–water partition coefficient (Wildman–Crippen LogP) is 2.95. The molecule has 2 aromatic carbocycles. The van der Waals surface area contributed by atoms with Crippen molar-refractivity contribution in [1.82, 2.24) is 14.3 Å². The number of carbonyl (C=O) groups is 1. The number of amides is 1. The first-order chi connectivity index (χ1) is 16.0. The number of nitrogens with zero attached hydrogens (tertiary/aromatic N) is 2. The van der Waals surface area contributed by atoms with E-state index in [2.05, 4.69) is 4.98 Å². The van der Waals surface area contributed by atoms with Crippen molar-refractivity contribution in [2.24, 2.45) is 0 Å². The summed E-state index contributed by atoms with van der Waals surface area (Å²) in [6.07, 6.45) is 2.31. The van der Waals surface area contributed by atoms with Crippen molar-refractivity contribution in [3.8, 4) is 11.1 Å². The molecule has 0 aliphatic heterocycles. The minimum atomic E-state index is -3.92. The zero-order valence-electron chi connectivity index (χ0n) is 18.2. The molecule has 2 N–H and O–H groups in total. The van der Waals surface area contributed by atoms with Gasteiger partial charge in [0.05, 0.1) is 11.2 Å². The summed E-state index contributed by atoms with van der Waals surface area (Å²) in [5.41, 5.74) is 1.79. The fourth-order valence-electron chi connectivity index (χ4n) is 3.93. The molecule has 2 aromatic heterocycles. The van der Waals surface area contributed by atoms with Crippen LogP contribution in [0, 0.1) is 17.0 Å². The SMILES string of the molecule is Cc1ccc2c(c1)c(-c1ccc[nH]c1=O)c(C(=O)NS(C)(=O)=O)n2Cc1cccc([N+](=O)[O-])c1. The lowest BCUT2D eigenvalue weighted by atomic mass is 10.0. The Morgan fingerprint density at radius 2 is 1.91 bits per heavy atom. The molecule has 0 unspecified atom stereocenters. The highest BCUT2D eigenvalue weighted by Crippen LogP contribution is 2.35. The average molecular weight is 481 g/mol. The molecule has 0 atom stereocenters. The molecule has 34 heavy (non-hydrogen) atoms. The highest BCUT2D eigenvalue weighted by molar-refractivity contribution is 7.89. The molecule has 0 saturated heterocycles. The lowest BCUT2D eigenvalue weighted by molar-refractivity contribution is -0.384. The van der Waals surface area contributed by atoms with Crippen molar-refractivity contribution < 1.29 is 18.1 Å². The van der Waals surface area contributed by atoms with Gasteiger partial charge in [-0.15, -0.1) is 0 Å². The third-order valence-corrected chi connectivity index (χ3v) is 5.82. The third-order valence-electron chi connectivity index (χ3n) is 5.26. The summed E-state index contributed by atoms with van der Waals surface area (Å²) in [4.78, 5) is 39.3. The zero-order chi connectivity index (χ0) is 24.6. The van der Waals surface area contributed by atoms with Gasteiger partial charge in [0.15, 0.2) is 0 Å². The molecule has 0 fully saturated rings. The van der Waals surface area contributed by atoms with Gasteiger partial charge in [-0.25, -0.2) is 13.1 Å². The van der Waals surface area contributed by atoms with Gasteiger partial charge in [-0.2, -0.15) is 0 Å². The summed E-state index contributed by atoms with van der Waals surface area (Å²) in [6.45, 7) is 1.88. The van der Waals surface area contributed by atoms with Crippen molar-refractivity contribution in [1.29, 1.82) is 0 Å². The number of fused-ring (bicyclic) bond motifs is 1. The van der Waals surface area contributed by atoms with Gasteiger partial charge in [-0.05, 0) is 36.8 Å². The molecular weight excluding hydrogens is 460 g/mol. The van der Waals surface area contributed by atoms with Crippen molar-refractivity contribution in [3.63, 3.8) is 0 Å². The number of H-pyrrole nitrogens is 1. The molecule has 4 aromatic rings. The van der Waals surface area contributed by atoms with Crippen molar-refractivity contribution in [3.05, 3.63) is 98.1 Å². The standard InChI is InChI=1S/C23H20N4O6S/c1-14-8-9-19-18(11-14)20(17-7-4-10-24-22(17)28)21(23(29)25-34(2,32)33)26(19)13-15-5-3-6-16(12-15)27(30)31/h3-12H,13H2,1-2H3,(H,24,28)(H,25,29). The number of aromatic amines is 1. The van der Waals surface area contributed by atoms with Crippen LogP contribution in [0.25, 0.3) is 22.0 Å². The van der Waals surface area contributed by atoms with Gasteiger partial charge in [-0.1, -0.05) is 23.8 Å². The quantitative estimate of drug-likeness (QED) is 0.321. The van der Waals surface area contributed by atoms with E-state index in [0.717, 1.165) is 11.8 Å². The molecule has 0 saturated carbocycles. The summed E-state index contributed by atoms with van der Waals surface area (Å²) in [5, 5.41) is 11.8. The monoisotopic (exact) mass is 480 g/mol. The van der Waals surface area contributed by atoms with Crippen LogP contribution in [0.15, 0.2) is 65.6 Å². The largest absolute Gasteiger partial charge is 0.331 e. The Bertz CT molecular complexity index is 1620. The molecule has 2 heterocycles. The predicted molar refractivity (Wildman–Crippen MR) is 127 cm³/mol. The van der Waals surface area contributed by atoms with Gasteiger partial charge in [0, 0.05) is 46.9 Å². The number of hydrogen-bond acceptors (Lipinski definition) is 6. The Morgan fingerprint density at radius 3 is 2.59 bits per heavy atom. The maximum atomic E-state index is 13.3. The maximum Gasteiger partial charge on any atom is 0.282 e. The topological polar surface area (TPSA) is 144 Å². The summed E-state index contributed by atoms with van der Waals surface area (Å²) in [7, 11) is -3.92. The number of hydrogen-bond donors (Lipinski definition) is 2. The second-order valence-electron chi connectivity index (χ2n) is 7.87. The van der Waals surface area contributed by atoms with Gasteiger partial charge < -0.3 is 9.55 Å². The van der Waals surface area contributed by atoms with E-state index in [1.165, 1.54) is 24.4 Å². The molecular formula is C23H20N4O6S. The van der Waals surface area contributed by atoms with Crippen molar-refractivity contribution in [2.45, 2.75) is 13.5 Å². The molecule has 174 valence electrons. The molecule has 0 radical (unpaired) electrons. The highest BCUT2D eigenvalue weighted by Gasteiger charge is 2.27. The van der Waals surface area contributed by atoms with Crippen LogP contribution in [0.5, 0.6) is 0 Å². The minimum Gasteiger partial charge on any atom is -0.331 e. The number of nitro benzene ring substituents is 1. The Hall–Kier alpha value is -4.25. The van der Waals surface area contributed by atoms with Gasteiger partial charge in [0.1, 0.15) is 5.69 Å². The highest BCUT2D eigenvalue weighted by atomic mass is 32.2. The van der Waals surface area contributed by atoms with Crippen LogP contribution in [0.4, 0.5) is 5.69 Å². The first-order valence-corrected chi connectivity index (χ1v) is 12.0.